The molecule has 148 valence electrons. The summed E-state index contributed by atoms with van der Waals surface area (Å²) < 4.78 is 30.2. The minimum absolute atomic E-state index is 0.101. The molecule has 0 aliphatic carbocycles. The summed E-state index contributed by atoms with van der Waals surface area (Å²) in [6, 6.07) is 1.54. The topological polar surface area (TPSA) is 99.1 Å². The third-order valence-electron chi connectivity index (χ3n) is 5.06. The zero-order chi connectivity index (χ0) is 20.4. The lowest BCUT2D eigenvalue weighted by atomic mass is 9.89. The van der Waals surface area contributed by atoms with Gasteiger partial charge in [0.05, 0.1) is 17.8 Å². The van der Waals surface area contributed by atoms with Crippen molar-refractivity contribution in [1.82, 2.24) is 24.6 Å². The zero-order valence-electron chi connectivity index (χ0n) is 15.3. The standard InChI is InChI=1S/C17H17ClF2N6O2/c1-8-12(18)26-11(4-10(24-26)9-5-21-15(28)23-14(9)27)13(22-8)25-6-16(2,3)17(19,20)7-25/h4-5H,6-7H2,1-3H3,(H2,21,23,27,28). The Morgan fingerprint density at radius 2 is 1.96 bits per heavy atom. The van der Waals surface area contributed by atoms with Gasteiger partial charge in [0.1, 0.15) is 11.2 Å². The van der Waals surface area contributed by atoms with Gasteiger partial charge < -0.3 is 9.88 Å². The largest absolute Gasteiger partial charge is 0.348 e. The van der Waals surface area contributed by atoms with Gasteiger partial charge in [-0.25, -0.2) is 23.1 Å². The normalized spacial score (nSPS) is 18.1. The number of fused-ring (bicyclic) bond motifs is 1. The summed E-state index contributed by atoms with van der Waals surface area (Å²) in [6.07, 6.45) is 1.24. The third-order valence-corrected chi connectivity index (χ3v) is 5.49. The molecule has 11 heteroatoms. The molecule has 28 heavy (non-hydrogen) atoms. The summed E-state index contributed by atoms with van der Waals surface area (Å²) in [7, 11) is 0. The van der Waals surface area contributed by atoms with Gasteiger partial charge >= 0.3 is 5.69 Å². The summed E-state index contributed by atoms with van der Waals surface area (Å²) in [6.45, 7) is 4.29. The number of alkyl halides is 2. The molecule has 0 aromatic carbocycles. The maximum absolute atomic E-state index is 14.4. The van der Waals surface area contributed by atoms with E-state index in [1.165, 1.54) is 29.5 Å². The summed E-state index contributed by atoms with van der Waals surface area (Å²) in [5, 5.41) is 4.53. The van der Waals surface area contributed by atoms with E-state index in [1.807, 2.05) is 0 Å². The van der Waals surface area contributed by atoms with E-state index in [9.17, 15) is 18.4 Å². The van der Waals surface area contributed by atoms with Crippen molar-refractivity contribution in [1.29, 1.82) is 0 Å². The third kappa shape index (κ3) is 2.70. The van der Waals surface area contributed by atoms with Crippen LogP contribution in [-0.2, 0) is 0 Å². The maximum atomic E-state index is 14.4. The smallest absolute Gasteiger partial charge is 0.325 e. The van der Waals surface area contributed by atoms with Crippen LogP contribution in [0.15, 0.2) is 21.9 Å². The predicted molar refractivity (Wildman–Crippen MR) is 100 cm³/mol. The van der Waals surface area contributed by atoms with Crippen LogP contribution >= 0.6 is 11.6 Å². The van der Waals surface area contributed by atoms with Crippen LogP contribution in [0.3, 0.4) is 0 Å². The molecule has 0 radical (unpaired) electrons. The monoisotopic (exact) mass is 410 g/mol. The number of aromatic amines is 2. The second kappa shape index (κ2) is 5.87. The maximum Gasteiger partial charge on any atom is 0.325 e. The quantitative estimate of drug-likeness (QED) is 0.675. The highest BCUT2D eigenvalue weighted by Gasteiger charge is 2.54. The lowest BCUT2D eigenvalue weighted by Gasteiger charge is -2.24. The van der Waals surface area contributed by atoms with E-state index in [4.69, 9.17) is 11.6 Å². The predicted octanol–water partition coefficient (Wildman–Crippen LogP) is 2.22. The molecule has 4 rings (SSSR count). The molecule has 8 nitrogen and oxygen atoms in total. The van der Waals surface area contributed by atoms with Gasteiger partial charge in [0.25, 0.3) is 11.5 Å². The van der Waals surface area contributed by atoms with Crippen molar-refractivity contribution in [3.63, 3.8) is 0 Å². The summed E-state index contributed by atoms with van der Waals surface area (Å²) >= 11 is 6.31. The van der Waals surface area contributed by atoms with Gasteiger partial charge in [0, 0.05) is 18.2 Å². The minimum Gasteiger partial charge on any atom is -0.348 e. The minimum atomic E-state index is -2.89. The Morgan fingerprint density at radius 1 is 1.25 bits per heavy atom. The van der Waals surface area contributed by atoms with Gasteiger partial charge in [-0.05, 0) is 13.0 Å². The van der Waals surface area contributed by atoms with Gasteiger partial charge in [-0.15, -0.1) is 0 Å². The van der Waals surface area contributed by atoms with Crippen molar-refractivity contribution in [2.75, 3.05) is 18.0 Å². The molecule has 0 saturated carbocycles. The van der Waals surface area contributed by atoms with Crippen LogP contribution in [0.4, 0.5) is 14.6 Å². The van der Waals surface area contributed by atoms with E-state index < -0.39 is 29.1 Å². The lowest BCUT2D eigenvalue weighted by molar-refractivity contribution is -0.0642. The van der Waals surface area contributed by atoms with E-state index in [1.54, 1.807) is 13.0 Å². The molecule has 3 aromatic heterocycles. The summed E-state index contributed by atoms with van der Waals surface area (Å²) in [5.74, 6) is -2.58. The van der Waals surface area contributed by atoms with Crippen molar-refractivity contribution in [3.05, 3.63) is 43.9 Å². The number of anilines is 1. The zero-order valence-corrected chi connectivity index (χ0v) is 16.1. The number of H-pyrrole nitrogens is 2. The number of rotatable bonds is 2. The van der Waals surface area contributed by atoms with E-state index in [0.29, 0.717) is 17.0 Å². The molecule has 0 bridgehead atoms. The molecule has 0 unspecified atom stereocenters. The van der Waals surface area contributed by atoms with Crippen molar-refractivity contribution >= 4 is 22.9 Å². The Kier molecular flexibility index (Phi) is 3.90. The number of nitrogens with zero attached hydrogens (tertiary/aromatic N) is 4. The second-order valence-corrected chi connectivity index (χ2v) is 7.93. The van der Waals surface area contributed by atoms with E-state index in [0.717, 1.165) is 0 Å². The van der Waals surface area contributed by atoms with Crippen LogP contribution in [0.25, 0.3) is 16.8 Å². The molecule has 1 aliphatic heterocycles. The Bertz CT molecular complexity index is 1200. The molecular formula is C17H17ClF2N6O2. The fourth-order valence-corrected chi connectivity index (χ4v) is 3.49. The molecule has 2 N–H and O–H groups in total. The van der Waals surface area contributed by atoms with Crippen LogP contribution in [0.1, 0.15) is 19.5 Å². The van der Waals surface area contributed by atoms with E-state index >= 15 is 0 Å². The first-order chi connectivity index (χ1) is 13.0. The summed E-state index contributed by atoms with van der Waals surface area (Å²) in [4.78, 5) is 33.8. The first-order valence-corrected chi connectivity index (χ1v) is 8.89. The van der Waals surface area contributed by atoms with Gasteiger partial charge in [-0.2, -0.15) is 5.10 Å². The number of aromatic nitrogens is 5. The first kappa shape index (κ1) is 18.6. The Balaban J connectivity index is 1.92. The van der Waals surface area contributed by atoms with Gasteiger partial charge in [0.2, 0.25) is 0 Å². The van der Waals surface area contributed by atoms with Crippen molar-refractivity contribution in [3.8, 4) is 11.3 Å². The molecule has 0 atom stereocenters. The van der Waals surface area contributed by atoms with Crippen LogP contribution < -0.4 is 16.1 Å². The van der Waals surface area contributed by atoms with E-state index in [-0.39, 0.29) is 23.0 Å². The highest BCUT2D eigenvalue weighted by atomic mass is 35.5. The highest BCUT2D eigenvalue weighted by Crippen LogP contribution is 2.45. The molecule has 4 heterocycles. The average molecular weight is 411 g/mol. The Hall–Kier alpha value is -2.75. The molecule has 1 fully saturated rings. The molecule has 1 aliphatic rings. The van der Waals surface area contributed by atoms with Gasteiger partial charge in [-0.3, -0.25) is 9.78 Å². The average Bonchev–Trinajstić information content (AvgIpc) is 3.10. The number of hydrogen-bond donors (Lipinski definition) is 2. The number of aryl methyl sites for hydroxylation is 1. The second-order valence-electron chi connectivity index (χ2n) is 7.57. The number of hydrogen-bond acceptors (Lipinski definition) is 5. The van der Waals surface area contributed by atoms with Crippen molar-refractivity contribution < 1.29 is 8.78 Å². The number of halogens is 3. The van der Waals surface area contributed by atoms with Crippen LogP contribution in [0.5, 0.6) is 0 Å². The highest BCUT2D eigenvalue weighted by molar-refractivity contribution is 6.30. The molecule has 0 spiro atoms. The molecule has 0 amide bonds. The molecule has 3 aromatic rings. The van der Waals surface area contributed by atoms with Crippen LogP contribution in [0.2, 0.25) is 5.15 Å². The fraction of sp³-hybridized carbons (Fsp3) is 0.412. The van der Waals surface area contributed by atoms with Crippen molar-refractivity contribution in [2.45, 2.75) is 26.7 Å². The Labute approximate surface area is 162 Å². The van der Waals surface area contributed by atoms with E-state index in [2.05, 4.69) is 20.1 Å². The SMILES string of the molecule is Cc1nc(N2CC(C)(C)C(F)(F)C2)c2cc(-c3c[nH]c(=O)[nH]c3=O)nn2c1Cl. The number of nitrogens with one attached hydrogen (secondary N) is 2. The molecular weight excluding hydrogens is 394 g/mol. The van der Waals surface area contributed by atoms with Crippen LogP contribution in [0, 0.1) is 12.3 Å². The Morgan fingerprint density at radius 3 is 2.57 bits per heavy atom. The van der Waals surface area contributed by atoms with Gasteiger partial charge in [-0.1, -0.05) is 25.4 Å². The van der Waals surface area contributed by atoms with Crippen molar-refractivity contribution in [2.24, 2.45) is 5.41 Å². The van der Waals surface area contributed by atoms with Gasteiger partial charge in [0.15, 0.2) is 11.0 Å². The fourth-order valence-electron chi connectivity index (χ4n) is 3.32. The van der Waals surface area contributed by atoms with Crippen LogP contribution in [-0.4, -0.2) is 43.6 Å². The first-order valence-electron chi connectivity index (χ1n) is 8.51. The molecule has 1 saturated heterocycles. The lowest BCUT2D eigenvalue weighted by Crippen LogP contribution is -2.34. The summed E-state index contributed by atoms with van der Waals surface area (Å²) in [5.41, 5.74) is -1.32.